The summed E-state index contributed by atoms with van der Waals surface area (Å²) in [5.41, 5.74) is 6.08. The van der Waals surface area contributed by atoms with Crippen molar-refractivity contribution in [3.8, 4) is 0 Å². The van der Waals surface area contributed by atoms with Crippen LogP contribution in [0.5, 0.6) is 0 Å². The fourth-order valence-electron chi connectivity index (χ4n) is 4.85. The molecule has 0 amide bonds. The van der Waals surface area contributed by atoms with Crippen LogP contribution in [0.25, 0.3) is 11.0 Å². The summed E-state index contributed by atoms with van der Waals surface area (Å²) in [4.78, 5) is 18.2. The second-order valence-electron chi connectivity index (χ2n) is 9.67. The van der Waals surface area contributed by atoms with Crippen molar-refractivity contribution in [1.29, 1.82) is 0 Å². The molecule has 7 heteroatoms. The van der Waals surface area contributed by atoms with Crippen molar-refractivity contribution < 1.29 is 13.9 Å². The van der Waals surface area contributed by atoms with Crippen LogP contribution < -0.4 is 5.32 Å². The summed E-state index contributed by atoms with van der Waals surface area (Å²) in [5, 5.41) is 3.37. The third kappa shape index (κ3) is 6.06. The van der Waals surface area contributed by atoms with Gasteiger partial charge in [0, 0.05) is 37.5 Å². The van der Waals surface area contributed by atoms with Crippen LogP contribution in [0.2, 0.25) is 0 Å². The van der Waals surface area contributed by atoms with E-state index in [1.165, 1.54) is 17.7 Å². The molecule has 192 valence electrons. The second-order valence-corrected chi connectivity index (χ2v) is 9.67. The molecule has 0 saturated carbocycles. The van der Waals surface area contributed by atoms with Crippen LogP contribution in [0.3, 0.4) is 0 Å². The molecule has 0 aliphatic carbocycles. The highest BCUT2D eigenvalue weighted by atomic mass is 19.1. The lowest BCUT2D eigenvalue weighted by atomic mass is 10.0. The number of carbonyl (C=O) groups is 1. The highest BCUT2D eigenvalue weighted by molar-refractivity contribution is 5.77. The number of hydrogen-bond acceptors (Lipinski definition) is 5. The van der Waals surface area contributed by atoms with Crippen LogP contribution >= 0.6 is 0 Å². The molecule has 1 fully saturated rings. The van der Waals surface area contributed by atoms with Gasteiger partial charge in [-0.2, -0.15) is 0 Å². The van der Waals surface area contributed by atoms with Crippen LogP contribution in [0, 0.1) is 12.7 Å². The van der Waals surface area contributed by atoms with Gasteiger partial charge in [0.1, 0.15) is 17.9 Å². The molecule has 37 heavy (non-hydrogen) atoms. The molecule has 2 aliphatic heterocycles. The maximum absolute atomic E-state index is 14.1. The van der Waals surface area contributed by atoms with Gasteiger partial charge in [-0.3, -0.25) is 9.69 Å². The van der Waals surface area contributed by atoms with E-state index in [2.05, 4.69) is 46.0 Å². The number of benzene rings is 2. The van der Waals surface area contributed by atoms with Gasteiger partial charge in [-0.25, -0.2) is 9.37 Å². The molecular formula is C30H33FN4O2. The number of aldehydes is 1. The number of allylic oxidation sites excluding steroid dienone is 4. The first-order valence-electron chi connectivity index (χ1n) is 12.9. The van der Waals surface area contributed by atoms with Crippen LogP contribution in [0.15, 0.2) is 78.0 Å². The van der Waals surface area contributed by atoms with Gasteiger partial charge in [-0.05, 0) is 61.3 Å². The quantitative estimate of drug-likeness (QED) is 0.245. The van der Waals surface area contributed by atoms with Crippen molar-refractivity contribution >= 4 is 17.3 Å². The molecule has 1 saturated heterocycles. The number of fused-ring (bicyclic) bond motifs is 1. The minimum atomic E-state index is -0.230. The summed E-state index contributed by atoms with van der Waals surface area (Å²) in [7, 11) is 0. The summed E-state index contributed by atoms with van der Waals surface area (Å²) >= 11 is 0. The minimum Gasteiger partial charge on any atom is -0.381 e. The lowest BCUT2D eigenvalue weighted by Crippen LogP contribution is -2.34. The standard InChI is InChI=1S/C30H33FN4O2/c1-22-9-10-29-28(18-22)33-30(35(29)20-25-13-17-37-25)21-34-14-11-23(12-15-34)27(8-4-5-16-36)32-19-24-6-2-3-7-26(24)31/h2-11,16,18,25,32H,12-15,17,19-21H2,1H3/b5-4-,27-8-. The molecule has 5 rings (SSSR count). The zero-order valence-electron chi connectivity index (χ0n) is 21.2. The van der Waals surface area contributed by atoms with Gasteiger partial charge in [0.25, 0.3) is 0 Å². The number of carbonyl (C=O) groups excluding carboxylic acids is 1. The van der Waals surface area contributed by atoms with E-state index in [1.807, 2.05) is 12.1 Å². The predicted molar refractivity (Wildman–Crippen MR) is 143 cm³/mol. The number of nitrogens with one attached hydrogen (secondary N) is 1. The Kier molecular flexibility index (Phi) is 7.92. The molecule has 3 heterocycles. The fourth-order valence-corrected chi connectivity index (χ4v) is 4.85. The van der Waals surface area contributed by atoms with E-state index in [1.54, 1.807) is 18.2 Å². The van der Waals surface area contributed by atoms with Gasteiger partial charge in [0.05, 0.1) is 30.2 Å². The number of imidazole rings is 1. The Morgan fingerprint density at radius 1 is 1.24 bits per heavy atom. The molecule has 2 aromatic carbocycles. The molecule has 1 N–H and O–H groups in total. The smallest absolute Gasteiger partial charge is 0.142 e. The first kappa shape index (κ1) is 25.1. The Balaban J connectivity index is 1.30. The zero-order chi connectivity index (χ0) is 25.6. The molecule has 0 spiro atoms. The summed E-state index contributed by atoms with van der Waals surface area (Å²) in [6, 6.07) is 13.2. The zero-order valence-corrected chi connectivity index (χ0v) is 21.2. The average Bonchev–Trinajstić information content (AvgIpc) is 3.20. The number of aryl methyl sites for hydroxylation is 1. The van der Waals surface area contributed by atoms with Crippen LogP contribution in [0.4, 0.5) is 4.39 Å². The molecule has 1 unspecified atom stereocenters. The molecule has 0 bridgehead atoms. The number of ether oxygens (including phenoxy) is 1. The molecular weight excluding hydrogens is 467 g/mol. The molecule has 2 aliphatic rings. The Hall–Kier alpha value is -3.55. The molecule has 1 aromatic heterocycles. The first-order chi connectivity index (χ1) is 18.1. The van der Waals surface area contributed by atoms with E-state index >= 15 is 0 Å². The minimum absolute atomic E-state index is 0.230. The van der Waals surface area contributed by atoms with E-state index in [0.29, 0.717) is 12.1 Å². The van der Waals surface area contributed by atoms with Gasteiger partial charge in [0.2, 0.25) is 0 Å². The van der Waals surface area contributed by atoms with Crippen molar-refractivity contribution in [1.82, 2.24) is 19.8 Å². The Morgan fingerprint density at radius 2 is 2.11 bits per heavy atom. The Bertz CT molecular complexity index is 1350. The molecule has 6 nitrogen and oxygen atoms in total. The van der Waals surface area contributed by atoms with Crippen LogP contribution in [-0.4, -0.2) is 46.5 Å². The van der Waals surface area contributed by atoms with Crippen molar-refractivity contribution in [3.63, 3.8) is 0 Å². The van der Waals surface area contributed by atoms with Crippen molar-refractivity contribution in [2.45, 2.75) is 45.5 Å². The highest BCUT2D eigenvalue weighted by Crippen LogP contribution is 2.25. The molecule has 3 aromatic rings. The third-order valence-corrected chi connectivity index (χ3v) is 7.05. The summed E-state index contributed by atoms with van der Waals surface area (Å²) in [6.07, 6.45) is 10.2. The summed E-state index contributed by atoms with van der Waals surface area (Å²) < 4.78 is 22.2. The van der Waals surface area contributed by atoms with E-state index in [4.69, 9.17) is 9.72 Å². The highest BCUT2D eigenvalue weighted by Gasteiger charge is 2.23. The van der Waals surface area contributed by atoms with Gasteiger partial charge in [-0.15, -0.1) is 0 Å². The van der Waals surface area contributed by atoms with Crippen LogP contribution in [-0.2, 0) is 29.2 Å². The Labute approximate surface area is 217 Å². The summed E-state index contributed by atoms with van der Waals surface area (Å²) in [5.74, 6) is 0.835. The van der Waals surface area contributed by atoms with Crippen molar-refractivity contribution in [2.75, 3.05) is 19.7 Å². The lowest BCUT2D eigenvalue weighted by molar-refractivity contribution is -0.104. The van der Waals surface area contributed by atoms with E-state index < -0.39 is 0 Å². The van der Waals surface area contributed by atoms with Gasteiger partial charge in [-0.1, -0.05) is 36.4 Å². The number of nitrogens with zero attached hydrogens (tertiary/aromatic N) is 3. The predicted octanol–water partition coefficient (Wildman–Crippen LogP) is 4.83. The van der Waals surface area contributed by atoms with Crippen LogP contribution in [0.1, 0.15) is 29.8 Å². The monoisotopic (exact) mass is 500 g/mol. The van der Waals surface area contributed by atoms with Gasteiger partial charge < -0.3 is 14.6 Å². The van der Waals surface area contributed by atoms with E-state index in [9.17, 15) is 9.18 Å². The second kappa shape index (κ2) is 11.7. The molecule has 1 atom stereocenters. The van der Waals surface area contributed by atoms with Gasteiger partial charge >= 0.3 is 0 Å². The average molecular weight is 501 g/mol. The SMILES string of the molecule is Cc1ccc2c(c1)nc(CN1CC=C(/C(=C/C=C\C=O)NCc3ccccc3F)CC1)n2CC1CCO1. The van der Waals surface area contributed by atoms with Gasteiger partial charge in [0.15, 0.2) is 0 Å². The maximum Gasteiger partial charge on any atom is 0.142 e. The summed E-state index contributed by atoms with van der Waals surface area (Å²) in [6.45, 7) is 6.57. The van der Waals surface area contributed by atoms with Crippen molar-refractivity contribution in [2.24, 2.45) is 0 Å². The fraction of sp³-hybridized carbons (Fsp3) is 0.333. The number of rotatable bonds is 10. The molecule has 0 radical (unpaired) electrons. The maximum atomic E-state index is 14.1. The van der Waals surface area contributed by atoms with E-state index in [0.717, 1.165) is 80.0 Å². The third-order valence-electron chi connectivity index (χ3n) is 7.05. The first-order valence-corrected chi connectivity index (χ1v) is 12.9. The van der Waals surface area contributed by atoms with E-state index in [-0.39, 0.29) is 11.9 Å². The number of hydrogen-bond donors (Lipinski definition) is 1. The lowest BCUT2D eigenvalue weighted by Gasteiger charge is -2.30. The number of halogens is 1. The largest absolute Gasteiger partial charge is 0.381 e. The number of aromatic nitrogens is 2. The topological polar surface area (TPSA) is 59.4 Å². The normalized spacial score (nSPS) is 18.7. The van der Waals surface area contributed by atoms with Crippen molar-refractivity contribution in [3.05, 3.63) is 101 Å². The Morgan fingerprint density at radius 3 is 2.84 bits per heavy atom.